The first-order valence-electron chi connectivity index (χ1n) is 17.2. The standard InChI is InChI=1S/C48H32N2/c1-3-14-39(15-4-1)49-45-20-9-7-18-41(45)43-31-37(26-28-47(43)49)34-24-22-33(23-25-34)35-12-11-13-36(30-35)38-27-29-48-44(32-38)42-19-8-10-21-46(42)50(48)40-16-5-2-6-17-40/h1-32H. The van der Waals surface area contributed by atoms with Gasteiger partial charge in [-0.3, -0.25) is 0 Å². The second-order valence-electron chi connectivity index (χ2n) is 13.0. The molecule has 0 saturated carbocycles. The van der Waals surface area contributed by atoms with Crippen LogP contribution in [0, 0.1) is 0 Å². The quantitative estimate of drug-likeness (QED) is 0.178. The maximum atomic E-state index is 2.37. The normalized spacial score (nSPS) is 11.6. The molecule has 0 aliphatic rings. The number of rotatable bonds is 5. The lowest BCUT2D eigenvalue weighted by Crippen LogP contribution is -1.92. The Kier molecular flexibility index (Phi) is 6.53. The van der Waals surface area contributed by atoms with Crippen LogP contribution in [0.3, 0.4) is 0 Å². The van der Waals surface area contributed by atoms with E-state index in [0.717, 1.165) is 0 Å². The first-order chi connectivity index (χ1) is 24.8. The predicted octanol–water partition coefficient (Wildman–Crippen LogP) is 12.9. The van der Waals surface area contributed by atoms with Crippen molar-refractivity contribution in [3.05, 3.63) is 194 Å². The summed E-state index contributed by atoms with van der Waals surface area (Å²) < 4.78 is 4.73. The molecule has 2 heterocycles. The van der Waals surface area contributed by atoms with E-state index in [1.807, 2.05) is 0 Å². The number of benzene rings is 8. The van der Waals surface area contributed by atoms with Crippen LogP contribution in [0.5, 0.6) is 0 Å². The van der Waals surface area contributed by atoms with Crippen LogP contribution in [-0.2, 0) is 0 Å². The summed E-state index contributed by atoms with van der Waals surface area (Å²) in [5, 5.41) is 5.07. The van der Waals surface area contributed by atoms with Crippen molar-refractivity contribution in [2.24, 2.45) is 0 Å². The molecule has 0 spiro atoms. The van der Waals surface area contributed by atoms with Gasteiger partial charge in [-0.25, -0.2) is 0 Å². The van der Waals surface area contributed by atoms with Crippen molar-refractivity contribution in [3.8, 4) is 44.8 Å². The van der Waals surface area contributed by atoms with Crippen molar-refractivity contribution in [2.75, 3.05) is 0 Å². The monoisotopic (exact) mass is 636 g/mol. The smallest absolute Gasteiger partial charge is 0.0541 e. The molecule has 0 unspecified atom stereocenters. The van der Waals surface area contributed by atoms with Gasteiger partial charge in [0.15, 0.2) is 0 Å². The summed E-state index contributed by atoms with van der Waals surface area (Å²) in [6, 6.07) is 70.4. The van der Waals surface area contributed by atoms with E-state index in [1.54, 1.807) is 0 Å². The van der Waals surface area contributed by atoms with Gasteiger partial charge in [0.05, 0.1) is 22.1 Å². The Morgan fingerprint density at radius 1 is 0.220 bits per heavy atom. The molecule has 0 bridgehead atoms. The van der Waals surface area contributed by atoms with Crippen molar-refractivity contribution in [2.45, 2.75) is 0 Å². The number of nitrogens with zero attached hydrogens (tertiary/aromatic N) is 2. The Hall–Kier alpha value is -6.64. The zero-order chi connectivity index (χ0) is 33.0. The van der Waals surface area contributed by atoms with Crippen LogP contribution in [0.1, 0.15) is 0 Å². The lowest BCUT2D eigenvalue weighted by molar-refractivity contribution is 1.18. The molecular weight excluding hydrogens is 605 g/mol. The highest BCUT2D eigenvalue weighted by Gasteiger charge is 2.15. The van der Waals surface area contributed by atoms with Gasteiger partial charge in [0, 0.05) is 32.9 Å². The number of hydrogen-bond acceptors (Lipinski definition) is 0. The molecule has 0 saturated heterocycles. The average molecular weight is 637 g/mol. The zero-order valence-corrected chi connectivity index (χ0v) is 27.4. The Bertz CT molecular complexity index is 2840. The number of aromatic nitrogens is 2. The van der Waals surface area contributed by atoms with Crippen LogP contribution in [0.4, 0.5) is 0 Å². The van der Waals surface area contributed by atoms with E-state index in [4.69, 9.17) is 0 Å². The Morgan fingerprint density at radius 2 is 0.580 bits per heavy atom. The molecule has 2 nitrogen and oxygen atoms in total. The van der Waals surface area contributed by atoms with E-state index in [9.17, 15) is 0 Å². The zero-order valence-electron chi connectivity index (χ0n) is 27.4. The van der Waals surface area contributed by atoms with Crippen LogP contribution in [0.25, 0.3) is 88.4 Å². The summed E-state index contributed by atoms with van der Waals surface area (Å²) in [6.07, 6.45) is 0. The van der Waals surface area contributed by atoms with Crippen LogP contribution in [-0.4, -0.2) is 9.13 Å². The average Bonchev–Trinajstić information content (AvgIpc) is 3.71. The highest BCUT2D eigenvalue weighted by atomic mass is 15.0. The Morgan fingerprint density at radius 3 is 1.08 bits per heavy atom. The van der Waals surface area contributed by atoms with E-state index < -0.39 is 0 Å². The van der Waals surface area contributed by atoms with E-state index >= 15 is 0 Å². The molecule has 234 valence electrons. The predicted molar refractivity (Wildman–Crippen MR) is 211 cm³/mol. The molecule has 0 radical (unpaired) electrons. The summed E-state index contributed by atoms with van der Waals surface area (Å²) in [4.78, 5) is 0. The molecule has 0 aliphatic carbocycles. The third-order valence-electron chi connectivity index (χ3n) is 10.1. The molecule has 0 atom stereocenters. The van der Waals surface area contributed by atoms with Crippen molar-refractivity contribution in [1.82, 2.24) is 9.13 Å². The molecule has 2 heteroatoms. The summed E-state index contributed by atoms with van der Waals surface area (Å²) in [5.41, 5.74) is 14.5. The summed E-state index contributed by atoms with van der Waals surface area (Å²) >= 11 is 0. The van der Waals surface area contributed by atoms with Gasteiger partial charge in [0.1, 0.15) is 0 Å². The second-order valence-corrected chi connectivity index (χ2v) is 13.0. The lowest BCUT2D eigenvalue weighted by atomic mass is 9.96. The van der Waals surface area contributed by atoms with Gasteiger partial charge in [-0.15, -0.1) is 0 Å². The molecular formula is C48H32N2. The van der Waals surface area contributed by atoms with Gasteiger partial charge in [-0.1, -0.05) is 127 Å². The lowest BCUT2D eigenvalue weighted by Gasteiger charge is -2.10. The van der Waals surface area contributed by atoms with Crippen LogP contribution < -0.4 is 0 Å². The maximum absolute atomic E-state index is 2.37. The van der Waals surface area contributed by atoms with Crippen molar-refractivity contribution in [3.63, 3.8) is 0 Å². The highest BCUT2D eigenvalue weighted by Crippen LogP contribution is 2.37. The molecule has 50 heavy (non-hydrogen) atoms. The van der Waals surface area contributed by atoms with E-state index in [2.05, 4.69) is 203 Å². The van der Waals surface area contributed by atoms with E-state index in [0.29, 0.717) is 0 Å². The summed E-state index contributed by atoms with van der Waals surface area (Å²) in [5.74, 6) is 0. The Labute approximate surface area is 290 Å². The van der Waals surface area contributed by atoms with Gasteiger partial charge >= 0.3 is 0 Å². The number of para-hydroxylation sites is 4. The van der Waals surface area contributed by atoms with Crippen LogP contribution >= 0.6 is 0 Å². The topological polar surface area (TPSA) is 9.86 Å². The SMILES string of the molecule is c1ccc(-n2c3ccccc3c3cc(-c4ccc(-c5cccc(-c6ccc7c(c6)c6ccccc6n7-c6ccccc6)c5)cc4)ccc32)cc1. The highest BCUT2D eigenvalue weighted by molar-refractivity contribution is 6.11. The molecule has 0 amide bonds. The number of fused-ring (bicyclic) bond motifs is 6. The summed E-state index contributed by atoms with van der Waals surface area (Å²) in [6.45, 7) is 0. The largest absolute Gasteiger partial charge is 0.309 e. The molecule has 0 N–H and O–H groups in total. The fraction of sp³-hybridized carbons (Fsp3) is 0. The van der Waals surface area contributed by atoms with Crippen molar-refractivity contribution < 1.29 is 0 Å². The van der Waals surface area contributed by atoms with E-state index in [1.165, 1.54) is 88.4 Å². The van der Waals surface area contributed by atoms with Gasteiger partial charge < -0.3 is 9.13 Å². The fourth-order valence-corrected chi connectivity index (χ4v) is 7.75. The van der Waals surface area contributed by atoms with Gasteiger partial charge in [-0.2, -0.15) is 0 Å². The van der Waals surface area contributed by atoms with Crippen LogP contribution in [0.15, 0.2) is 194 Å². The molecule has 10 aromatic rings. The Balaban J connectivity index is 1.00. The molecule has 2 aromatic heterocycles. The molecule has 0 aliphatic heterocycles. The van der Waals surface area contributed by atoms with Gasteiger partial charge in [-0.05, 0) is 100 Å². The molecule has 10 rings (SSSR count). The minimum absolute atomic E-state index is 1.18. The third kappa shape index (κ3) is 4.57. The summed E-state index contributed by atoms with van der Waals surface area (Å²) in [7, 11) is 0. The second kappa shape index (κ2) is 11.5. The maximum Gasteiger partial charge on any atom is 0.0541 e. The van der Waals surface area contributed by atoms with Gasteiger partial charge in [0.2, 0.25) is 0 Å². The molecule has 0 fully saturated rings. The first kappa shape index (κ1) is 28.4. The van der Waals surface area contributed by atoms with Crippen molar-refractivity contribution in [1.29, 1.82) is 0 Å². The fourth-order valence-electron chi connectivity index (χ4n) is 7.75. The first-order valence-corrected chi connectivity index (χ1v) is 17.2. The third-order valence-corrected chi connectivity index (χ3v) is 10.1. The van der Waals surface area contributed by atoms with Crippen LogP contribution in [0.2, 0.25) is 0 Å². The number of hydrogen-bond donors (Lipinski definition) is 0. The molecule has 8 aromatic carbocycles. The minimum Gasteiger partial charge on any atom is -0.309 e. The van der Waals surface area contributed by atoms with Crippen molar-refractivity contribution >= 4 is 43.6 Å². The minimum atomic E-state index is 1.18. The van der Waals surface area contributed by atoms with E-state index in [-0.39, 0.29) is 0 Å². The van der Waals surface area contributed by atoms with Gasteiger partial charge in [0.25, 0.3) is 0 Å².